The molecule has 108 valence electrons. The van der Waals surface area contributed by atoms with Crippen molar-refractivity contribution in [1.82, 2.24) is 10.2 Å². The molecule has 0 spiro atoms. The molecule has 2 rings (SSSR count). The van der Waals surface area contributed by atoms with Gasteiger partial charge >= 0.3 is 0 Å². The molecular weight excluding hydrogens is 259 g/mol. The maximum atomic E-state index is 13.6. The second-order valence-electron chi connectivity index (χ2n) is 4.96. The van der Waals surface area contributed by atoms with Crippen LogP contribution in [-0.2, 0) is 11.3 Å². The average molecular weight is 278 g/mol. The van der Waals surface area contributed by atoms with Gasteiger partial charge in [-0.1, -0.05) is 6.07 Å². The summed E-state index contributed by atoms with van der Waals surface area (Å²) in [6.07, 6.45) is 0. The minimum atomic E-state index is -0.413. The number of rotatable bonds is 4. The number of hydrogen-bond donors (Lipinski definition) is 1. The fraction of sp³-hybridized carbons (Fsp3) is 0.400. The van der Waals surface area contributed by atoms with Crippen molar-refractivity contribution in [3.05, 3.63) is 40.7 Å². The van der Waals surface area contributed by atoms with Crippen LogP contribution in [0.15, 0.2) is 29.3 Å². The van der Waals surface area contributed by atoms with Gasteiger partial charge in [-0.15, -0.1) is 0 Å². The van der Waals surface area contributed by atoms with Gasteiger partial charge in [0.05, 0.1) is 7.11 Å². The standard InChI is InChI=1S/C15H19FN2O2/c1-10(12-7-17-8-12)15(19)18(2)9-11-4-5-14(20-3)13(16)6-11/h4-6,17H,7-9H2,1-3H3. The fourth-order valence-electron chi connectivity index (χ4n) is 2.11. The van der Waals surface area contributed by atoms with Crippen molar-refractivity contribution in [2.24, 2.45) is 0 Å². The van der Waals surface area contributed by atoms with Crippen molar-refractivity contribution in [1.29, 1.82) is 0 Å². The summed E-state index contributed by atoms with van der Waals surface area (Å²) in [4.78, 5) is 13.8. The van der Waals surface area contributed by atoms with Gasteiger partial charge in [-0.3, -0.25) is 4.79 Å². The van der Waals surface area contributed by atoms with Gasteiger partial charge < -0.3 is 15.0 Å². The summed E-state index contributed by atoms with van der Waals surface area (Å²) in [7, 11) is 3.15. The minimum absolute atomic E-state index is 0.0160. The smallest absolute Gasteiger partial charge is 0.249 e. The molecule has 1 heterocycles. The van der Waals surface area contributed by atoms with Crippen LogP contribution in [-0.4, -0.2) is 38.1 Å². The van der Waals surface area contributed by atoms with Gasteiger partial charge in [-0.2, -0.15) is 0 Å². The predicted molar refractivity (Wildman–Crippen MR) is 75.0 cm³/mol. The first-order valence-electron chi connectivity index (χ1n) is 6.50. The molecule has 20 heavy (non-hydrogen) atoms. The summed E-state index contributed by atoms with van der Waals surface area (Å²) >= 11 is 0. The molecule has 0 saturated carbocycles. The lowest BCUT2D eigenvalue weighted by molar-refractivity contribution is -0.126. The zero-order chi connectivity index (χ0) is 14.7. The van der Waals surface area contributed by atoms with Crippen LogP contribution in [0.1, 0.15) is 12.5 Å². The highest BCUT2D eigenvalue weighted by Gasteiger charge is 2.19. The van der Waals surface area contributed by atoms with Crippen LogP contribution in [0.25, 0.3) is 0 Å². The Kier molecular flexibility index (Phi) is 4.39. The molecule has 1 aliphatic rings. The first kappa shape index (κ1) is 14.5. The van der Waals surface area contributed by atoms with Gasteiger partial charge in [-0.05, 0) is 30.2 Å². The fourth-order valence-corrected chi connectivity index (χ4v) is 2.11. The third-order valence-corrected chi connectivity index (χ3v) is 3.51. The molecule has 0 bridgehead atoms. The topological polar surface area (TPSA) is 41.6 Å². The van der Waals surface area contributed by atoms with E-state index in [-0.39, 0.29) is 11.7 Å². The summed E-state index contributed by atoms with van der Waals surface area (Å²) in [5.41, 5.74) is 2.66. The molecule has 1 amide bonds. The van der Waals surface area contributed by atoms with E-state index in [0.717, 1.165) is 29.8 Å². The highest BCUT2D eigenvalue weighted by atomic mass is 19.1. The number of nitrogens with zero attached hydrogens (tertiary/aromatic N) is 1. The lowest BCUT2D eigenvalue weighted by Crippen LogP contribution is -2.38. The van der Waals surface area contributed by atoms with Gasteiger partial charge in [0.2, 0.25) is 5.91 Å². The Labute approximate surface area is 118 Å². The molecule has 4 nitrogen and oxygen atoms in total. The first-order valence-corrected chi connectivity index (χ1v) is 6.50. The number of amides is 1. The van der Waals surface area contributed by atoms with E-state index < -0.39 is 5.82 Å². The van der Waals surface area contributed by atoms with Crippen molar-refractivity contribution in [2.45, 2.75) is 13.5 Å². The Balaban J connectivity index is 2.05. The molecule has 0 aliphatic carbocycles. The van der Waals surface area contributed by atoms with Crippen molar-refractivity contribution in [3.63, 3.8) is 0 Å². The number of carbonyl (C=O) groups excluding carboxylic acids is 1. The molecule has 1 N–H and O–H groups in total. The third-order valence-electron chi connectivity index (χ3n) is 3.51. The van der Waals surface area contributed by atoms with Gasteiger partial charge in [-0.25, -0.2) is 4.39 Å². The lowest BCUT2D eigenvalue weighted by Gasteiger charge is -2.24. The maximum absolute atomic E-state index is 13.6. The van der Waals surface area contributed by atoms with E-state index in [1.54, 1.807) is 24.1 Å². The van der Waals surface area contributed by atoms with Crippen LogP contribution < -0.4 is 10.1 Å². The summed E-state index contributed by atoms with van der Waals surface area (Å²) in [6.45, 7) is 3.77. The maximum Gasteiger partial charge on any atom is 0.249 e. The van der Waals surface area contributed by atoms with Crippen LogP contribution >= 0.6 is 0 Å². The number of benzene rings is 1. The Morgan fingerprint density at radius 2 is 2.15 bits per heavy atom. The molecule has 1 aromatic carbocycles. The Bertz CT molecular complexity index is 549. The molecule has 1 aliphatic heterocycles. The van der Waals surface area contributed by atoms with E-state index in [1.807, 2.05) is 6.92 Å². The van der Waals surface area contributed by atoms with E-state index in [9.17, 15) is 9.18 Å². The Morgan fingerprint density at radius 3 is 2.65 bits per heavy atom. The average Bonchev–Trinajstić information content (AvgIpc) is 2.35. The summed E-state index contributed by atoms with van der Waals surface area (Å²) < 4.78 is 18.5. The Hall–Kier alpha value is -1.88. The first-order chi connectivity index (χ1) is 9.52. The molecular formula is C15H19FN2O2. The number of methoxy groups -OCH3 is 1. The number of halogens is 1. The zero-order valence-electron chi connectivity index (χ0n) is 12.0. The minimum Gasteiger partial charge on any atom is -0.494 e. The zero-order valence-corrected chi connectivity index (χ0v) is 12.0. The highest BCUT2D eigenvalue weighted by Crippen LogP contribution is 2.19. The molecule has 0 atom stereocenters. The van der Waals surface area contributed by atoms with Gasteiger partial charge in [0.1, 0.15) is 0 Å². The van der Waals surface area contributed by atoms with E-state index in [2.05, 4.69) is 5.32 Å². The van der Waals surface area contributed by atoms with Crippen molar-refractivity contribution < 1.29 is 13.9 Å². The van der Waals surface area contributed by atoms with Crippen LogP contribution in [0.5, 0.6) is 5.75 Å². The van der Waals surface area contributed by atoms with E-state index >= 15 is 0 Å². The molecule has 0 unspecified atom stereocenters. The quantitative estimate of drug-likeness (QED) is 0.853. The van der Waals surface area contributed by atoms with E-state index in [1.165, 1.54) is 13.2 Å². The number of hydrogen-bond acceptors (Lipinski definition) is 3. The van der Waals surface area contributed by atoms with E-state index in [4.69, 9.17) is 4.74 Å². The largest absolute Gasteiger partial charge is 0.494 e. The van der Waals surface area contributed by atoms with Crippen LogP contribution in [0.3, 0.4) is 0 Å². The molecule has 1 fully saturated rings. The predicted octanol–water partition coefficient (Wildman–Crippen LogP) is 1.71. The third kappa shape index (κ3) is 2.99. The monoisotopic (exact) mass is 278 g/mol. The number of carbonyl (C=O) groups is 1. The van der Waals surface area contributed by atoms with Crippen LogP contribution in [0, 0.1) is 5.82 Å². The molecule has 1 aromatic rings. The van der Waals surface area contributed by atoms with Crippen LogP contribution in [0.2, 0.25) is 0 Å². The van der Waals surface area contributed by atoms with Gasteiger partial charge in [0, 0.05) is 32.3 Å². The number of likely N-dealkylation sites (N-methyl/N-ethyl adjacent to an activating group) is 1. The Morgan fingerprint density at radius 1 is 1.45 bits per heavy atom. The molecule has 0 radical (unpaired) electrons. The van der Waals surface area contributed by atoms with Crippen molar-refractivity contribution in [2.75, 3.05) is 27.2 Å². The second-order valence-corrected chi connectivity index (χ2v) is 4.96. The van der Waals surface area contributed by atoms with Crippen molar-refractivity contribution >= 4 is 5.91 Å². The van der Waals surface area contributed by atoms with Crippen LogP contribution in [0.4, 0.5) is 4.39 Å². The second kappa shape index (κ2) is 6.05. The summed E-state index contributed by atoms with van der Waals surface area (Å²) in [6, 6.07) is 4.74. The van der Waals surface area contributed by atoms with Gasteiger partial charge in [0.25, 0.3) is 0 Å². The SMILES string of the molecule is COc1ccc(CN(C)C(=O)C(C)=C2CNC2)cc1F. The number of nitrogens with one attached hydrogen (secondary N) is 1. The molecule has 1 saturated heterocycles. The van der Waals surface area contributed by atoms with Gasteiger partial charge in [0.15, 0.2) is 11.6 Å². The summed E-state index contributed by atoms with van der Waals surface area (Å²) in [5, 5.41) is 3.11. The van der Waals surface area contributed by atoms with Crippen molar-refractivity contribution in [3.8, 4) is 5.75 Å². The summed E-state index contributed by atoms with van der Waals surface area (Å²) in [5.74, 6) is -0.219. The molecule has 0 aromatic heterocycles. The normalized spacial score (nSPS) is 13.7. The highest BCUT2D eigenvalue weighted by molar-refractivity contribution is 5.93. The molecule has 5 heteroatoms. The van der Waals surface area contributed by atoms with E-state index in [0.29, 0.717) is 6.54 Å². The number of ether oxygens (including phenoxy) is 1. The lowest BCUT2D eigenvalue weighted by atomic mass is 10.0.